The normalized spacial score (nSPS) is 15.7. The van der Waals surface area contributed by atoms with Gasteiger partial charge in [-0.3, -0.25) is 4.79 Å². The first-order valence-corrected chi connectivity index (χ1v) is 13.2. The van der Waals surface area contributed by atoms with Crippen LogP contribution in [0.4, 0.5) is 5.69 Å². The van der Waals surface area contributed by atoms with Gasteiger partial charge in [0.1, 0.15) is 18.1 Å². The van der Waals surface area contributed by atoms with E-state index in [1.165, 1.54) is 11.8 Å². The average Bonchev–Trinajstić information content (AvgIpc) is 3.14. The van der Waals surface area contributed by atoms with Gasteiger partial charge in [-0.15, -0.1) is 0 Å². The Balaban J connectivity index is 1.47. The molecule has 1 amide bonds. The number of nitrogens with one attached hydrogen (secondary N) is 1. The minimum atomic E-state index is -0.154. The van der Waals surface area contributed by atoms with Crippen LogP contribution in [0.1, 0.15) is 18.1 Å². The first-order valence-electron chi connectivity index (χ1n) is 10.2. The number of aliphatic imine (C=N–C) groups is 1. The molecule has 168 valence electrons. The number of thioether (sulfide) groups is 1. The molecule has 0 bridgehead atoms. The van der Waals surface area contributed by atoms with Gasteiger partial charge in [-0.25, -0.2) is 4.99 Å². The third-order valence-electron chi connectivity index (χ3n) is 4.57. The smallest absolute Gasteiger partial charge is 0.264 e. The maximum Gasteiger partial charge on any atom is 0.264 e. The molecule has 33 heavy (non-hydrogen) atoms. The molecule has 1 aliphatic rings. The molecule has 0 radical (unpaired) electrons. The molecular weight excluding hydrogens is 662 g/mol. The highest BCUT2D eigenvalue weighted by Crippen LogP contribution is 2.33. The predicted molar refractivity (Wildman–Crippen MR) is 151 cm³/mol. The van der Waals surface area contributed by atoms with Gasteiger partial charge in [0.15, 0.2) is 5.17 Å². The van der Waals surface area contributed by atoms with E-state index in [0.717, 1.165) is 35.5 Å². The number of rotatable bonds is 7. The van der Waals surface area contributed by atoms with Crippen LogP contribution in [0.15, 0.2) is 76.6 Å². The first-order chi connectivity index (χ1) is 16.0. The molecule has 1 saturated heterocycles. The summed E-state index contributed by atoms with van der Waals surface area (Å²) >= 11 is 5.88. The molecule has 5 nitrogen and oxygen atoms in total. The molecule has 0 spiro atoms. The lowest BCUT2D eigenvalue weighted by molar-refractivity contribution is -0.115. The fraction of sp³-hybridized carbons (Fsp3) is 0.120. The number of carbonyl (C=O) groups excluding carboxylic acids is 1. The molecule has 0 aromatic heterocycles. The quantitative estimate of drug-likeness (QED) is 0.221. The zero-order valence-corrected chi connectivity index (χ0v) is 22.8. The molecule has 1 fully saturated rings. The number of nitrogens with zero attached hydrogens (tertiary/aromatic N) is 1. The SMILES string of the molecule is CCOc1ccc(N=C2NC(=O)/C(=C/c3cc(I)c(OCc4ccccc4)c(I)c3)S2)cc1. The Morgan fingerprint density at radius 3 is 2.36 bits per heavy atom. The van der Waals surface area contributed by atoms with Crippen molar-refractivity contribution in [1.29, 1.82) is 0 Å². The number of benzene rings is 3. The van der Waals surface area contributed by atoms with E-state index in [2.05, 4.69) is 55.5 Å². The van der Waals surface area contributed by atoms with Crippen molar-refractivity contribution in [2.75, 3.05) is 6.61 Å². The average molecular weight is 682 g/mol. The van der Waals surface area contributed by atoms with Crippen molar-refractivity contribution in [3.05, 3.63) is 89.9 Å². The summed E-state index contributed by atoms with van der Waals surface area (Å²) in [7, 11) is 0. The third kappa shape index (κ3) is 6.51. The monoisotopic (exact) mass is 682 g/mol. The largest absolute Gasteiger partial charge is 0.494 e. The van der Waals surface area contributed by atoms with Crippen LogP contribution in [0.5, 0.6) is 11.5 Å². The highest BCUT2D eigenvalue weighted by Gasteiger charge is 2.24. The lowest BCUT2D eigenvalue weighted by Crippen LogP contribution is -2.19. The molecule has 0 saturated carbocycles. The van der Waals surface area contributed by atoms with Gasteiger partial charge in [0.2, 0.25) is 0 Å². The third-order valence-corrected chi connectivity index (χ3v) is 7.09. The number of hydrogen-bond donors (Lipinski definition) is 1. The minimum Gasteiger partial charge on any atom is -0.494 e. The predicted octanol–water partition coefficient (Wildman–Crippen LogP) is 6.77. The maximum absolute atomic E-state index is 12.5. The summed E-state index contributed by atoms with van der Waals surface area (Å²) in [5.41, 5.74) is 2.82. The summed E-state index contributed by atoms with van der Waals surface area (Å²) in [6.45, 7) is 3.07. The van der Waals surface area contributed by atoms with Crippen LogP contribution in [-0.2, 0) is 11.4 Å². The van der Waals surface area contributed by atoms with Crippen LogP contribution < -0.4 is 14.8 Å². The minimum absolute atomic E-state index is 0.154. The number of halogens is 2. The van der Waals surface area contributed by atoms with Crippen LogP contribution in [0, 0.1) is 7.14 Å². The molecule has 0 atom stereocenters. The molecule has 0 aliphatic carbocycles. The van der Waals surface area contributed by atoms with Gasteiger partial charge in [-0.1, -0.05) is 30.3 Å². The maximum atomic E-state index is 12.5. The lowest BCUT2D eigenvalue weighted by Gasteiger charge is -2.11. The van der Waals surface area contributed by atoms with Crippen LogP contribution in [0.2, 0.25) is 0 Å². The fourth-order valence-electron chi connectivity index (χ4n) is 3.06. The molecule has 8 heteroatoms. The number of carbonyl (C=O) groups is 1. The Hall–Kier alpha value is -2.05. The van der Waals surface area contributed by atoms with E-state index < -0.39 is 0 Å². The summed E-state index contributed by atoms with van der Waals surface area (Å²) in [6, 6.07) is 21.6. The van der Waals surface area contributed by atoms with Crippen molar-refractivity contribution in [3.8, 4) is 11.5 Å². The molecule has 3 aromatic carbocycles. The number of amides is 1. The summed E-state index contributed by atoms with van der Waals surface area (Å²) in [5, 5.41) is 3.40. The van der Waals surface area contributed by atoms with Crippen LogP contribution >= 0.6 is 56.9 Å². The van der Waals surface area contributed by atoms with Gasteiger partial charge in [0.05, 0.1) is 24.3 Å². The van der Waals surface area contributed by atoms with Crippen molar-refractivity contribution in [3.63, 3.8) is 0 Å². The van der Waals surface area contributed by atoms with Gasteiger partial charge in [0, 0.05) is 0 Å². The second kappa shape index (κ2) is 11.4. The van der Waals surface area contributed by atoms with E-state index >= 15 is 0 Å². The summed E-state index contributed by atoms with van der Waals surface area (Å²) < 4.78 is 13.5. The van der Waals surface area contributed by atoms with Crippen LogP contribution in [0.25, 0.3) is 6.08 Å². The van der Waals surface area contributed by atoms with Crippen molar-refractivity contribution in [2.24, 2.45) is 4.99 Å². The molecular formula is C25H20I2N2O3S. The van der Waals surface area contributed by atoms with E-state index in [4.69, 9.17) is 9.47 Å². The zero-order valence-electron chi connectivity index (χ0n) is 17.7. The molecule has 1 aliphatic heterocycles. The Labute approximate surface area is 224 Å². The first kappa shape index (κ1) is 24.1. The summed E-state index contributed by atoms with van der Waals surface area (Å²) in [4.78, 5) is 17.6. The second-order valence-electron chi connectivity index (χ2n) is 7.00. The van der Waals surface area contributed by atoms with E-state index in [1.807, 2.05) is 79.7 Å². The van der Waals surface area contributed by atoms with Crippen LogP contribution in [0.3, 0.4) is 0 Å². The Bertz CT molecular complexity index is 1190. The van der Waals surface area contributed by atoms with Crippen molar-refractivity contribution in [2.45, 2.75) is 13.5 Å². The van der Waals surface area contributed by atoms with Gasteiger partial charge in [-0.05, 0) is 117 Å². The summed E-state index contributed by atoms with van der Waals surface area (Å²) in [5.74, 6) is 1.49. The standard InChI is InChI=1S/C25H20I2N2O3S/c1-2-31-19-10-8-18(9-11-19)28-25-29-24(30)22(33-25)14-17-12-20(26)23(21(27)13-17)32-15-16-6-4-3-5-7-16/h3-14H,2,15H2,1H3,(H,28,29,30)/b22-14-. The molecule has 3 aromatic rings. The van der Waals surface area contributed by atoms with E-state index in [9.17, 15) is 4.79 Å². The number of hydrogen-bond acceptors (Lipinski definition) is 5. The highest BCUT2D eigenvalue weighted by atomic mass is 127. The zero-order chi connectivity index (χ0) is 23.2. The van der Waals surface area contributed by atoms with Gasteiger partial charge in [0.25, 0.3) is 5.91 Å². The Morgan fingerprint density at radius 2 is 1.70 bits per heavy atom. The van der Waals surface area contributed by atoms with Crippen molar-refractivity contribution in [1.82, 2.24) is 5.32 Å². The van der Waals surface area contributed by atoms with E-state index in [0.29, 0.717) is 23.3 Å². The van der Waals surface area contributed by atoms with Crippen LogP contribution in [-0.4, -0.2) is 17.7 Å². The fourth-order valence-corrected chi connectivity index (χ4v) is 6.03. The van der Waals surface area contributed by atoms with Gasteiger partial charge < -0.3 is 14.8 Å². The lowest BCUT2D eigenvalue weighted by atomic mass is 10.2. The molecule has 1 N–H and O–H groups in total. The van der Waals surface area contributed by atoms with Gasteiger partial charge in [-0.2, -0.15) is 0 Å². The summed E-state index contributed by atoms with van der Waals surface area (Å²) in [6.07, 6.45) is 1.88. The molecule has 0 unspecified atom stereocenters. The molecule has 1 heterocycles. The topological polar surface area (TPSA) is 59.9 Å². The Kier molecular flexibility index (Phi) is 8.31. The number of amidine groups is 1. The van der Waals surface area contributed by atoms with E-state index in [1.54, 1.807) is 0 Å². The van der Waals surface area contributed by atoms with Crippen molar-refractivity contribution >= 4 is 79.8 Å². The van der Waals surface area contributed by atoms with E-state index in [-0.39, 0.29) is 5.91 Å². The Morgan fingerprint density at radius 1 is 1.00 bits per heavy atom. The van der Waals surface area contributed by atoms with Crippen molar-refractivity contribution < 1.29 is 14.3 Å². The highest BCUT2D eigenvalue weighted by molar-refractivity contribution is 14.1. The van der Waals surface area contributed by atoms with Gasteiger partial charge >= 0.3 is 0 Å². The molecule has 4 rings (SSSR count). The number of ether oxygens (including phenoxy) is 2. The second-order valence-corrected chi connectivity index (χ2v) is 10.4.